The minimum Gasteiger partial charge on any atom is -0.497 e. The van der Waals surface area contributed by atoms with E-state index in [-0.39, 0.29) is 12.4 Å². The second-order valence-corrected chi connectivity index (χ2v) is 4.50. The quantitative estimate of drug-likeness (QED) is 0.680. The van der Waals surface area contributed by atoms with Gasteiger partial charge in [-0.25, -0.2) is 0 Å². The number of rotatable bonds is 3. The average molecular weight is 299 g/mol. The summed E-state index contributed by atoms with van der Waals surface area (Å²) in [4.78, 5) is 8.75. The van der Waals surface area contributed by atoms with E-state index in [2.05, 4.69) is 26.9 Å². The molecule has 2 rings (SSSR count). The summed E-state index contributed by atoms with van der Waals surface area (Å²) in [5, 5.41) is 0. The highest BCUT2D eigenvalue weighted by atomic mass is 35.5. The molecule has 1 heterocycles. The van der Waals surface area contributed by atoms with Crippen LogP contribution < -0.4 is 15.4 Å². The number of benzene rings is 1. The summed E-state index contributed by atoms with van der Waals surface area (Å²) in [6.07, 6.45) is 0. The van der Waals surface area contributed by atoms with Crippen molar-refractivity contribution in [3.8, 4) is 5.75 Å². The van der Waals surface area contributed by atoms with Gasteiger partial charge in [0.15, 0.2) is 5.96 Å². The van der Waals surface area contributed by atoms with Gasteiger partial charge in [-0.05, 0) is 31.2 Å². The second-order valence-electron chi connectivity index (χ2n) is 4.50. The van der Waals surface area contributed by atoms with Gasteiger partial charge in [0.25, 0.3) is 0 Å². The summed E-state index contributed by atoms with van der Waals surface area (Å²) in [5.74, 6) is 1.55. The molecule has 1 fully saturated rings. The zero-order valence-electron chi connectivity index (χ0n) is 12.1. The van der Waals surface area contributed by atoms with Crippen LogP contribution >= 0.6 is 12.4 Å². The smallest absolute Gasteiger partial charge is 0.191 e. The number of nitrogens with two attached hydrogens (primary N) is 1. The Kier molecular flexibility index (Phi) is 6.45. The Labute approximate surface area is 126 Å². The van der Waals surface area contributed by atoms with E-state index in [4.69, 9.17) is 10.5 Å². The van der Waals surface area contributed by atoms with Crippen LogP contribution in [0.1, 0.15) is 6.92 Å². The Hall–Kier alpha value is -1.62. The van der Waals surface area contributed by atoms with E-state index in [1.165, 1.54) is 5.69 Å². The molecule has 20 heavy (non-hydrogen) atoms. The Balaban J connectivity index is 0.00000200. The lowest BCUT2D eigenvalue weighted by molar-refractivity contribution is 0.381. The maximum absolute atomic E-state index is 5.92. The van der Waals surface area contributed by atoms with Gasteiger partial charge in [-0.3, -0.25) is 4.99 Å². The Morgan fingerprint density at radius 1 is 1.20 bits per heavy atom. The Morgan fingerprint density at radius 2 is 1.80 bits per heavy atom. The lowest BCUT2D eigenvalue weighted by atomic mass is 10.2. The molecule has 0 aliphatic carbocycles. The van der Waals surface area contributed by atoms with Crippen molar-refractivity contribution >= 4 is 24.1 Å². The number of guanidine groups is 1. The SMILES string of the molecule is CCN=C(N)N1CCN(c2ccc(OC)cc2)CC1.Cl. The summed E-state index contributed by atoms with van der Waals surface area (Å²) in [6.45, 7) is 6.51. The third kappa shape index (κ3) is 3.93. The first-order chi connectivity index (χ1) is 9.24. The summed E-state index contributed by atoms with van der Waals surface area (Å²) in [6, 6.07) is 8.18. The maximum atomic E-state index is 5.92. The molecular weight excluding hydrogens is 276 g/mol. The van der Waals surface area contributed by atoms with Crippen molar-refractivity contribution in [2.24, 2.45) is 10.7 Å². The molecule has 1 aromatic carbocycles. The predicted octanol–water partition coefficient (Wildman–Crippen LogP) is 1.57. The van der Waals surface area contributed by atoms with Gasteiger partial charge in [0, 0.05) is 38.4 Å². The number of halogens is 1. The number of ether oxygens (including phenoxy) is 1. The molecule has 6 heteroatoms. The van der Waals surface area contributed by atoms with Crippen LogP contribution in [0.5, 0.6) is 5.75 Å². The van der Waals surface area contributed by atoms with Gasteiger partial charge in [0.05, 0.1) is 7.11 Å². The molecule has 0 radical (unpaired) electrons. The predicted molar refractivity (Wildman–Crippen MR) is 86.2 cm³/mol. The van der Waals surface area contributed by atoms with E-state index in [9.17, 15) is 0 Å². The number of anilines is 1. The number of hydrogen-bond acceptors (Lipinski definition) is 3. The van der Waals surface area contributed by atoms with Crippen molar-refractivity contribution in [1.82, 2.24) is 4.90 Å². The largest absolute Gasteiger partial charge is 0.497 e. The Bertz CT molecular complexity index is 427. The molecule has 1 aromatic rings. The monoisotopic (exact) mass is 298 g/mol. The van der Waals surface area contributed by atoms with E-state index in [0.29, 0.717) is 5.96 Å². The van der Waals surface area contributed by atoms with Gasteiger partial charge in [-0.1, -0.05) is 0 Å². The average Bonchev–Trinajstić information content (AvgIpc) is 2.48. The highest BCUT2D eigenvalue weighted by Gasteiger charge is 2.18. The van der Waals surface area contributed by atoms with Gasteiger partial charge in [0.2, 0.25) is 0 Å². The number of aliphatic imine (C=N–C) groups is 1. The van der Waals surface area contributed by atoms with Crippen molar-refractivity contribution < 1.29 is 4.74 Å². The molecule has 5 nitrogen and oxygen atoms in total. The summed E-state index contributed by atoms with van der Waals surface area (Å²) in [5.41, 5.74) is 7.15. The first-order valence-electron chi connectivity index (χ1n) is 6.68. The van der Waals surface area contributed by atoms with E-state index in [1.54, 1.807) is 7.11 Å². The van der Waals surface area contributed by atoms with Crippen molar-refractivity contribution in [3.63, 3.8) is 0 Å². The van der Waals surface area contributed by atoms with E-state index >= 15 is 0 Å². The van der Waals surface area contributed by atoms with Gasteiger partial charge in [-0.15, -0.1) is 12.4 Å². The topological polar surface area (TPSA) is 54.1 Å². The standard InChI is InChI=1S/C14H22N4O.ClH/c1-3-16-14(15)18-10-8-17(9-11-18)12-4-6-13(19-2)7-5-12;/h4-7H,3,8-11H2,1-2H3,(H2,15,16);1H. The van der Waals surface area contributed by atoms with E-state index in [1.807, 2.05) is 19.1 Å². The van der Waals surface area contributed by atoms with E-state index in [0.717, 1.165) is 38.5 Å². The van der Waals surface area contributed by atoms with Crippen molar-refractivity contribution in [2.45, 2.75) is 6.92 Å². The van der Waals surface area contributed by atoms with Crippen LogP contribution in [0, 0.1) is 0 Å². The van der Waals surface area contributed by atoms with Crippen molar-refractivity contribution in [2.75, 3.05) is 44.7 Å². The third-order valence-corrected chi connectivity index (χ3v) is 3.36. The minimum absolute atomic E-state index is 0. The zero-order valence-corrected chi connectivity index (χ0v) is 12.9. The van der Waals surface area contributed by atoms with Crippen LogP contribution in [-0.4, -0.2) is 50.7 Å². The fourth-order valence-electron chi connectivity index (χ4n) is 2.25. The maximum Gasteiger partial charge on any atom is 0.191 e. The van der Waals surface area contributed by atoms with Gasteiger partial charge in [-0.2, -0.15) is 0 Å². The molecule has 1 saturated heterocycles. The lowest BCUT2D eigenvalue weighted by Gasteiger charge is -2.36. The fraction of sp³-hybridized carbons (Fsp3) is 0.500. The van der Waals surface area contributed by atoms with Crippen LogP contribution in [0.25, 0.3) is 0 Å². The summed E-state index contributed by atoms with van der Waals surface area (Å²) in [7, 11) is 1.68. The number of piperazine rings is 1. The molecule has 0 bridgehead atoms. The molecule has 0 aromatic heterocycles. The Morgan fingerprint density at radius 3 is 2.30 bits per heavy atom. The van der Waals surface area contributed by atoms with Crippen LogP contribution in [-0.2, 0) is 0 Å². The first-order valence-corrected chi connectivity index (χ1v) is 6.68. The van der Waals surface area contributed by atoms with Crippen molar-refractivity contribution in [1.29, 1.82) is 0 Å². The number of methoxy groups -OCH3 is 1. The molecule has 0 unspecified atom stereocenters. The molecular formula is C14H23ClN4O. The van der Waals surface area contributed by atoms with E-state index < -0.39 is 0 Å². The molecule has 112 valence electrons. The van der Waals surface area contributed by atoms with Crippen LogP contribution in [0.3, 0.4) is 0 Å². The van der Waals surface area contributed by atoms with Gasteiger partial charge < -0.3 is 20.3 Å². The highest BCUT2D eigenvalue weighted by Crippen LogP contribution is 2.20. The highest BCUT2D eigenvalue weighted by molar-refractivity contribution is 5.85. The van der Waals surface area contributed by atoms with Gasteiger partial charge >= 0.3 is 0 Å². The fourth-order valence-corrected chi connectivity index (χ4v) is 2.25. The molecule has 1 aliphatic heterocycles. The molecule has 0 spiro atoms. The second kappa shape index (κ2) is 7.85. The lowest BCUT2D eigenvalue weighted by Crippen LogP contribution is -2.51. The van der Waals surface area contributed by atoms with Crippen LogP contribution in [0.4, 0.5) is 5.69 Å². The first kappa shape index (κ1) is 16.4. The van der Waals surface area contributed by atoms with Crippen molar-refractivity contribution in [3.05, 3.63) is 24.3 Å². The normalized spacial score (nSPS) is 15.8. The third-order valence-electron chi connectivity index (χ3n) is 3.36. The van der Waals surface area contributed by atoms with Crippen LogP contribution in [0.2, 0.25) is 0 Å². The summed E-state index contributed by atoms with van der Waals surface area (Å²) >= 11 is 0. The molecule has 0 amide bonds. The number of nitrogens with zero attached hydrogens (tertiary/aromatic N) is 3. The molecule has 0 saturated carbocycles. The summed E-state index contributed by atoms with van der Waals surface area (Å²) < 4.78 is 5.17. The molecule has 1 aliphatic rings. The van der Waals surface area contributed by atoms with Crippen LogP contribution in [0.15, 0.2) is 29.3 Å². The minimum atomic E-state index is 0. The number of hydrogen-bond donors (Lipinski definition) is 1. The van der Waals surface area contributed by atoms with Gasteiger partial charge in [0.1, 0.15) is 5.75 Å². The molecule has 2 N–H and O–H groups in total. The zero-order chi connectivity index (χ0) is 13.7. The molecule has 0 atom stereocenters.